The van der Waals surface area contributed by atoms with Gasteiger partial charge in [-0.25, -0.2) is 4.98 Å². The minimum absolute atomic E-state index is 0.0610. The van der Waals surface area contributed by atoms with Crippen molar-refractivity contribution in [2.75, 3.05) is 20.8 Å². The van der Waals surface area contributed by atoms with Gasteiger partial charge >= 0.3 is 0 Å². The Balaban J connectivity index is 2.43. The highest BCUT2D eigenvalue weighted by Gasteiger charge is 2.18. The summed E-state index contributed by atoms with van der Waals surface area (Å²) in [4.78, 5) is 17.8. The molecule has 0 aliphatic rings. The van der Waals surface area contributed by atoms with Gasteiger partial charge < -0.3 is 19.9 Å². The molecule has 1 unspecified atom stereocenters. The molecule has 0 aromatic carbocycles. The van der Waals surface area contributed by atoms with Crippen LogP contribution in [0.25, 0.3) is 0 Å². The third-order valence-electron chi connectivity index (χ3n) is 2.86. The second-order valence-corrected chi connectivity index (χ2v) is 4.39. The number of hydrogen-bond acceptors (Lipinski definition) is 4. The second kappa shape index (κ2) is 7.13. The summed E-state index contributed by atoms with van der Waals surface area (Å²) >= 11 is 0. The highest BCUT2D eigenvalue weighted by Crippen LogP contribution is 2.04. The number of imidazole rings is 1. The van der Waals surface area contributed by atoms with Crippen molar-refractivity contribution < 1.29 is 9.53 Å². The van der Waals surface area contributed by atoms with Crippen LogP contribution in [0.4, 0.5) is 0 Å². The van der Waals surface area contributed by atoms with E-state index >= 15 is 0 Å². The highest BCUT2D eigenvalue weighted by molar-refractivity contribution is 5.81. The van der Waals surface area contributed by atoms with Crippen molar-refractivity contribution >= 4 is 5.91 Å². The maximum Gasteiger partial charge on any atom is 0.239 e. The van der Waals surface area contributed by atoms with E-state index in [9.17, 15) is 4.79 Å². The van der Waals surface area contributed by atoms with Crippen LogP contribution in [0, 0.1) is 0 Å². The van der Waals surface area contributed by atoms with Gasteiger partial charge in [0.2, 0.25) is 5.91 Å². The van der Waals surface area contributed by atoms with Crippen molar-refractivity contribution in [3.63, 3.8) is 0 Å². The Kier molecular flexibility index (Phi) is 5.80. The van der Waals surface area contributed by atoms with Gasteiger partial charge in [0.15, 0.2) is 0 Å². The number of carbonyl (C=O) groups is 1. The molecule has 0 aliphatic heterocycles. The number of rotatable bonds is 7. The summed E-state index contributed by atoms with van der Waals surface area (Å²) in [7, 11) is 5.28. The summed E-state index contributed by atoms with van der Waals surface area (Å²) < 4.78 is 6.83. The number of amides is 1. The van der Waals surface area contributed by atoms with Crippen LogP contribution in [0.15, 0.2) is 12.4 Å². The van der Waals surface area contributed by atoms with Crippen molar-refractivity contribution in [1.82, 2.24) is 14.5 Å². The Morgan fingerprint density at radius 1 is 1.67 bits per heavy atom. The van der Waals surface area contributed by atoms with Gasteiger partial charge in [-0.15, -0.1) is 0 Å². The number of hydrogen-bond donors (Lipinski definition) is 1. The third kappa shape index (κ3) is 4.12. The van der Waals surface area contributed by atoms with Crippen LogP contribution in [0.3, 0.4) is 0 Å². The lowest BCUT2D eigenvalue weighted by Crippen LogP contribution is -2.41. The molecule has 1 aromatic rings. The maximum absolute atomic E-state index is 12.0. The lowest BCUT2D eigenvalue weighted by molar-refractivity contribution is -0.132. The van der Waals surface area contributed by atoms with E-state index in [2.05, 4.69) is 4.98 Å². The SMILES string of the molecule is COCCCC(N)C(=O)N(C)Cc1nccn1C. The van der Waals surface area contributed by atoms with Gasteiger partial charge in [0, 0.05) is 40.2 Å². The summed E-state index contributed by atoms with van der Waals surface area (Å²) in [5, 5.41) is 0. The smallest absolute Gasteiger partial charge is 0.239 e. The fourth-order valence-corrected chi connectivity index (χ4v) is 1.69. The Bertz CT molecular complexity index is 378. The van der Waals surface area contributed by atoms with E-state index in [0.29, 0.717) is 19.6 Å². The Morgan fingerprint density at radius 3 is 2.94 bits per heavy atom. The summed E-state index contributed by atoms with van der Waals surface area (Å²) in [6.45, 7) is 1.10. The van der Waals surface area contributed by atoms with Crippen molar-refractivity contribution in [3.8, 4) is 0 Å². The van der Waals surface area contributed by atoms with Gasteiger partial charge in [0.1, 0.15) is 5.82 Å². The molecule has 1 rings (SSSR count). The molecule has 0 saturated heterocycles. The predicted octanol–water partition coefficient (Wildman–Crippen LogP) is 0.132. The van der Waals surface area contributed by atoms with E-state index in [0.717, 1.165) is 12.2 Å². The van der Waals surface area contributed by atoms with Gasteiger partial charge in [0.25, 0.3) is 0 Å². The van der Waals surface area contributed by atoms with Crippen LogP contribution in [0.2, 0.25) is 0 Å². The largest absolute Gasteiger partial charge is 0.385 e. The first-order chi connectivity index (χ1) is 8.56. The van der Waals surface area contributed by atoms with Crippen molar-refractivity contribution in [2.45, 2.75) is 25.4 Å². The van der Waals surface area contributed by atoms with Gasteiger partial charge in [-0.3, -0.25) is 4.79 Å². The molecule has 2 N–H and O–H groups in total. The zero-order chi connectivity index (χ0) is 13.5. The normalized spacial score (nSPS) is 12.4. The standard InChI is InChI=1S/C12H22N4O2/c1-15-7-6-14-11(15)9-16(2)12(17)10(13)5-4-8-18-3/h6-7,10H,4-5,8-9,13H2,1-3H3. The van der Waals surface area contributed by atoms with Crippen LogP contribution in [-0.4, -0.2) is 47.2 Å². The average molecular weight is 254 g/mol. The summed E-state index contributed by atoms with van der Waals surface area (Å²) in [6, 6.07) is -0.467. The Hall–Kier alpha value is -1.40. The van der Waals surface area contributed by atoms with Crippen molar-refractivity contribution in [2.24, 2.45) is 12.8 Å². The number of aryl methyl sites for hydroxylation is 1. The molecule has 1 atom stereocenters. The summed E-state index contributed by atoms with van der Waals surface area (Å²) in [5.41, 5.74) is 5.85. The fourth-order valence-electron chi connectivity index (χ4n) is 1.69. The number of carbonyl (C=O) groups excluding carboxylic acids is 1. The molecule has 6 heteroatoms. The van der Waals surface area contributed by atoms with E-state index < -0.39 is 6.04 Å². The second-order valence-electron chi connectivity index (χ2n) is 4.39. The van der Waals surface area contributed by atoms with Crippen LogP contribution in [0.1, 0.15) is 18.7 Å². The van der Waals surface area contributed by atoms with E-state index in [-0.39, 0.29) is 5.91 Å². The fraction of sp³-hybridized carbons (Fsp3) is 0.667. The predicted molar refractivity (Wildman–Crippen MR) is 68.8 cm³/mol. The topological polar surface area (TPSA) is 73.4 Å². The molecule has 1 amide bonds. The average Bonchev–Trinajstić information content (AvgIpc) is 2.74. The molecule has 0 bridgehead atoms. The molecule has 0 fully saturated rings. The van der Waals surface area contributed by atoms with Crippen molar-refractivity contribution in [3.05, 3.63) is 18.2 Å². The van der Waals surface area contributed by atoms with E-state index in [1.807, 2.05) is 17.8 Å². The molecular weight excluding hydrogens is 232 g/mol. The zero-order valence-corrected chi connectivity index (χ0v) is 11.3. The van der Waals surface area contributed by atoms with E-state index in [1.165, 1.54) is 0 Å². The minimum Gasteiger partial charge on any atom is -0.385 e. The number of likely N-dealkylation sites (N-methyl/N-ethyl adjacent to an activating group) is 1. The van der Waals surface area contributed by atoms with Gasteiger partial charge in [-0.2, -0.15) is 0 Å². The lowest BCUT2D eigenvalue weighted by Gasteiger charge is -2.21. The van der Waals surface area contributed by atoms with Crippen LogP contribution in [-0.2, 0) is 23.1 Å². The monoisotopic (exact) mass is 254 g/mol. The highest BCUT2D eigenvalue weighted by atomic mass is 16.5. The van der Waals surface area contributed by atoms with Crippen molar-refractivity contribution in [1.29, 1.82) is 0 Å². The number of ether oxygens (including phenoxy) is 1. The quantitative estimate of drug-likeness (QED) is 0.702. The van der Waals surface area contributed by atoms with Gasteiger partial charge in [-0.1, -0.05) is 0 Å². The van der Waals surface area contributed by atoms with E-state index in [1.54, 1.807) is 25.3 Å². The zero-order valence-electron chi connectivity index (χ0n) is 11.3. The molecule has 1 heterocycles. The number of methoxy groups -OCH3 is 1. The molecule has 1 aromatic heterocycles. The first-order valence-corrected chi connectivity index (χ1v) is 6.02. The molecule has 0 saturated carbocycles. The molecular formula is C12H22N4O2. The molecule has 6 nitrogen and oxygen atoms in total. The lowest BCUT2D eigenvalue weighted by atomic mass is 10.1. The van der Waals surface area contributed by atoms with E-state index in [4.69, 9.17) is 10.5 Å². The molecule has 0 radical (unpaired) electrons. The summed E-state index contributed by atoms with van der Waals surface area (Å²) in [6.07, 6.45) is 5.00. The third-order valence-corrected chi connectivity index (χ3v) is 2.86. The molecule has 0 aliphatic carbocycles. The Labute approximate surface area is 108 Å². The summed E-state index contributed by atoms with van der Waals surface area (Å²) in [5.74, 6) is 0.782. The van der Waals surface area contributed by atoms with Crippen LogP contribution in [0.5, 0.6) is 0 Å². The van der Waals surface area contributed by atoms with Gasteiger partial charge in [-0.05, 0) is 12.8 Å². The van der Waals surface area contributed by atoms with Crippen LogP contribution < -0.4 is 5.73 Å². The molecule has 18 heavy (non-hydrogen) atoms. The Morgan fingerprint density at radius 2 is 2.39 bits per heavy atom. The minimum atomic E-state index is -0.467. The number of nitrogens with two attached hydrogens (primary N) is 1. The van der Waals surface area contributed by atoms with Gasteiger partial charge in [0.05, 0.1) is 12.6 Å². The maximum atomic E-state index is 12.0. The molecule has 102 valence electrons. The number of aromatic nitrogens is 2. The molecule has 0 spiro atoms. The number of nitrogens with zero attached hydrogens (tertiary/aromatic N) is 3. The first-order valence-electron chi connectivity index (χ1n) is 6.02. The first kappa shape index (κ1) is 14.7. The van der Waals surface area contributed by atoms with Crippen LogP contribution >= 0.6 is 0 Å².